The van der Waals surface area contributed by atoms with Crippen LogP contribution in [0.4, 0.5) is 13.2 Å². The molecular weight excluding hydrogens is 277 g/mol. The third-order valence-electron chi connectivity index (χ3n) is 2.42. The number of nitrogens with two attached hydrogens (primary N) is 1. The van der Waals surface area contributed by atoms with Gasteiger partial charge in [-0.2, -0.15) is 13.2 Å². The summed E-state index contributed by atoms with van der Waals surface area (Å²) in [5.41, 5.74) is 7.23. The van der Waals surface area contributed by atoms with E-state index < -0.39 is 19.6 Å². The molecule has 0 radical (unpaired) electrons. The van der Waals surface area contributed by atoms with Gasteiger partial charge in [0.15, 0.2) is 12.6 Å². The average Bonchev–Trinajstić information content (AvgIpc) is 2.34. The fourth-order valence-corrected chi connectivity index (χ4v) is 1.64. The van der Waals surface area contributed by atoms with Crippen LogP contribution in [0.25, 0.3) is 0 Å². The summed E-state index contributed by atoms with van der Waals surface area (Å²) in [6.07, 6.45) is -4.39. The molecule has 20 heavy (non-hydrogen) atoms. The normalized spacial score (nSPS) is 12.6. The van der Waals surface area contributed by atoms with Crippen molar-refractivity contribution in [3.8, 4) is 5.75 Å². The smallest absolute Gasteiger partial charge is 0.411 e. The average molecular weight is 292 g/mol. The van der Waals surface area contributed by atoms with Gasteiger partial charge in [-0.3, -0.25) is 0 Å². The SMILES string of the molecule is Cc1cc(/C(N)=N/O)cc(C)c1OCOCC(F)(F)F. The van der Waals surface area contributed by atoms with Crippen molar-refractivity contribution < 1.29 is 27.9 Å². The van der Waals surface area contributed by atoms with Crippen LogP contribution in [0.15, 0.2) is 17.3 Å². The Bertz CT molecular complexity index is 478. The monoisotopic (exact) mass is 292 g/mol. The Labute approximate surface area is 113 Å². The zero-order valence-corrected chi connectivity index (χ0v) is 11.0. The zero-order valence-electron chi connectivity index (χ0n) is 11.0. The summed E-state index contributed by atoms with van der Waals surface area (Å²) in [4.78, 5) is 0. The van der Waals surface area contributed by atoms with Crippen molar-refractivity contribution in [2.75, 3.05) is 13.4 Å². The summed E-state index contributed by atoms with van der Waals surface area (Å²) < 4.78 is 45.2. The van der Waals surface area contributed by atoms with Gasteiger partial charge in [-0.1, -0.05) is 5.16 Å². The maximum Gasteiger partial charge on any atom is 0.411 e. The minimum Gasteiger partial charge on any atom is -0.467 e. The highest BCUT2D eigenvalue weighted by Gasteiger charge is 2.27. The maximum atomic E-state index is 11.9. The van der Waals surface area contributed by atoms with E-state index in [0.29, 0.717) is 22.4 Å². The number of rotatable bonds is 5. The molecule has 0 aliphatic heterocycles. The molecular formula is C12H15F3N2O3. The van der Waals surface area contributed by atoms with Crippen LogP contribution in [-0.2, 0) is 4.74 Å². The Kier molecular flexibility index (Phi) is 5.20. The Hall–Kier alpha value is -1.96. The van der Waals surface area contributed by atoms with E-state index in [2.05, 4.69) is 9.89 Å². The number of ether oxygens (including phenoxy) is 2. The van der Waals surface area contributed by atoms with E-state index in [1.165, 1.54) is 0 Å². The van der Waals surface area contributed by atoms with E-state index >= 15 is 0 Å². The van der Waals surface area contributed by atoms with Gasteiger partial charge in [-0.15, -0.1) is 0 Å². The van der Waals surface area contributed by atoms with Crippen molar-refractivity contribution >= 4 is 5.84 Å². The molecule has 1 aromatic carbocycles. The molecule has 0 spiro atoms. The number of hydrogen-bond acceptors (Lipinski definition) is 4. The summed E-state index contributed by atoms with van der Waals surface area (Å²) in [5.74, 6) is 0.345. The number of alkyl halides is 3. The van der Waals surface area contributed by atoms with Crippen molar-refractivity contribution in [3.05, 3.63) is 28.8 Å². The van der Waals surface area contributed by atoms with Gasteiger partial charge in [-0.25, -0.2) is 0 Å². The number of nitrogens with zero attached hydrogens (tertiary/aromatic N) is 1. The molecule has 0 aliphatic carbocycles. The third kappa shape index (κ3) is 4.61. The second-order valence-electron chi connectivity index (χ2n) is 4.15. The molecule has 0 unspecified atom stereocenters. The quantitative estimate of drug-likeness (QED) is 0.218. The number of benzene rings is 1. The minimum atomic E-state index is -4.39. The second kappa shape index (κ2) is 6.47. The van der Waals surface area contributed by atoms with Crippen LogP contribution in [0, 0.1) is 13.8 Å². The molecule has 0 saturated carbocycles. The van der Waals surface area contributed by atoms with Crippen LogP contribution >= 0.6 is 0 Å². The van der Waals surface area contributed by atoms with Crippen LogP contribution in [0.2, 0.25) is 0 Å². The molecule has 5 nitrogen and oxygen atoms in total. The molecule has 0 atom stereocenters. The van der Waals surface area contributed by atoms with Crippen molar-refractivity contribution in [2.45, 2.75) is 20.0 Å². The van der Waals surface area contributed by atoms with E-state index in [-0.39, 0.29) is 5.84 Å². The Morgan fingerprint density at radius 2 is 1.85 bits per heavy atom. The van der Waals surface area contributed by atoms with Gasteiger partial charge in [0.2, 0.25) is 0 Å². The van der Waals surface area contributed by atoms with E-state index in [0.717, 1.165) is 0 Å². The molecule has 0 aliphatic rings. The number of hydrogen-bond donors (Lipinski definition) is 2. The standard InChI is InChI=1S/C12H15F3N2O3/c1-7-3-9(11(16)17-18)4-8(2)10(7)20-6-19-5-12(13,14)15/h3-4,18H,5-6H2,1-2H3,(H2,16,17). The molecule has 112 valence electrons. The number of oxime groups is 1. The minimum absolute atomic E-state index is 0.0592. The predicted octanol–water partition coefficient (Wildman–Crippen LogP) is 2.31. The van der Waals surface area contributed by atoms with E-state index in [4.69, 9.17) is 15.7 Å². The van der Waals surface area contributed by atoms with Crippen molar-refractivity contribution in [2.24, 2.45) is 10.9 Å². The number of aryl methyl sites for hydroxylation is 2. The Balaban J connectivity index is 2.72. The van der Waals surface area contributed by atoms with Crippen molar-refractivity contribution in [1.29, 1.82) is 0 Å². The highest BCUT2D eigenvalue weighted by molar-refractivity contribution is 5.97. The van der Waals surface area contributed by atoms with E-state index in [1.54, 1.807) is 26.0 Å². The summed E-state index contributed by atoms with van der Waals surface area (Å²) in [5, 5.41) is 11.5. The van der Waals surface area contributed by atoms with Crippen LogP contribution in [0.3, 0.4) is 0 Å². The molecule has 0 amide bonds. The maximum absolute atomic E-state index is 11.9. The summed E-state index contributed by atoms with van der Waals surface area (Å²) in [6.45, 7) is 1.51. The van der Waals surface area contributed by atoms with Gasteiger partial charge in [0.25, 0.3) is 0 Å². The van der Waals surface area contributed by atoms with Crippen LogP contribution in [0.1, 0.15) is 16.7 Å². The predicted molar refractivity (Wildman–Crippen MR) is 65.9 cm³/mol. The van der Waals surface area contributed by atoms with Crippen molar-refractivity contribution in [3.63, 3.8) is 0 Å². The Morgan fingerprint density at radius 1 is 1.30 bits per heavy atom. The Morgan fingerprint density at radius 3 is 2.30 bits per heavy atom. The van der Waals surface area contributed by atoms with Crippen LogP contribution in [0.5, 0.6) is 5.75 Å². The zero-order chi connectivity index (χ0) is 15.3. The number of halogens is 3. The first-order valence-electron chi connectivity index (χ1n) is 5.61. The molecule has 3 N–H and O–H groups in total. The molecule has 8 heteroatoms. The lowest BCUT2D eigenvalue weighted by Crippen LogP contribution is -2.19. The van der Waals surface area contributed by atoms with Gasteiger partial charge >= 0.3 is 6.18 Å². The third-order valence-corrected chi connectivity index (χ3v) is 2.42. The molecule has 0 saturated heterocycles. The highest BCUT2D eigenvalue weighted by atomic mass is 19.4. The highest BCUT2D eigenvalue weighted by Crippen LogP contribution is 2.25. The summed E-state index contributed by atoms with van der Waals surface area (Å²) in [6, 6.07) is 3.20. The van der Waals surface area contributed by atoms with Crippen LogP contribution in [-0.4, -0.2) is 30.6 Å². The van der Waals surface area contributed by atoms with Gasteiger partial charge in [-0.05, 0) is 37.1 Å². The lowest BCUT2D eigenvalue weighted by molar-refractivity contribution is -0.186. The topological polar surface area (TPSA) is 77.1 Å². The lowest BCUT2D eigenvalue weighted by Gasteiger charge is -2.14. The summed E-state index contributed by atoms with van der Waals surface area (Å²) in [7, 11) is 0. The van der Waals surface area contributed by atoms with Crippen molar-refractivity contribution in [1.82, 2.24) is 0 Å². The van der Waals surface area contributed by atoms with E-state index in [9.17, 15) is 13.2 Å². The van der Waals surface area contributed by atoms with Gasteiger partial charge in [0.05, 0.1) is 0 Å². The molecule has 1 rings (SSSR count). The molecule has 0 aromatic heterocycles. The first-order valence-corrected chi connectivity index (χ1v) is 5.61. The number of amidine groups is 1. The fraction of sp³-hybridized carbons (Fsp3) is 0.417. The lowest BCUT2D eigenvalue weighted by atomic mass is 10.1. The van der Waals surface area contributed by atoms with Gasteiger partial charge < -0.3 is 20.4 Å². The summed E-state index contributed by atoms with van der Waals surface area (Å²) >= 11 is 0. The van der Waals surface area contributed by atoms with Gasteiger partial charge in [0.1, 0.15) is 12.4 Å². The molecule has 0 heterocycles. The first kappa shape index (κ1) is 16.1. The molecule has 1 aromatic rings. The molecule has 0 bridgehead atoms. The second-order valence-corrected chi connectivity index (χ2v) is 4.15. The van der Waals surface area contributed by atoms with Gasteiger partial charge in [0, 0.05) is 5.56 Å². The van der Waals surface area contributed by atoms with E-state index in [1.807, 2.05) is 0 Å². The molecule has 0 fully saturated rings. The first-order chi connectivity index (χ1) is 9.24. The van der Waals surface area contributed by atoms with Crippen LogP contribution < -0.4 is 10.5 Å². The largest absolute Gasteiger partial charge is 0.467 e. The fourth-order valence-electron chi connectivity index (χ4n) is 1.64.